The molecule has 1 aromatic heterocycles. The molecule has 0 spiro atoms. The number of carbonyl (C=O) groups excluding carboxylic acids is 1. The molecule has 0 radical (unpaired) electrons. The second-order valence-electron chi connectivity index (χ2n) is 3.35. The number of hydrogen-bond acceptors (Lipinski definition) is 3. The van der Waals surface area contributed by atoms with Crippen LogP contribution in [-0.2, 0) is 4.79 Å². The van der Waals surface area contributed by atoms with Gasteiger partial charge in [0.15, 0.2) is 5.78 Å². The molecule has 1 rings (SSSR count). The lowest BCUT2D eigenvalue weighted by Crippen LogP contribution is -2.29. The van der Waals surface area contributed by atoms with Gasteiger partial charge in [0.05, 0.1) is 18.1 Å². The van der Waals surface area contributed by atoms with E-state index < -0.39 is 6.04 Å². The molecule has 1 unspecified atom stereocenters. The monoisotopic (exact) mass is 272 g/mol. The number of aryl methyl sites for hydroxylation is 1. The quantitative estimate of drug-likeness (QED) is 0.844. The van der Waals surface area contributed by atoms with Gasteiger partial charge in [0.2, 0.25) is 0 Å². The zero-order valence-electron chi connectivity index (χ0n) is 8.95. The Morgan fingerprint density at radius 3 is 2.80 bits per heavy atom. The Morgan fingerprint density at radius 1 is 1.67 bits per heavy atom. The van der Waals surface area contributed by atoms with Gasteiger partial charge >= 0.3 is 0 Å². The van der Waals surface area contributed by atoms with Gasteiger partial charge in [0, 0.05) is 6.42 Å². The van der Waals surface area contributed by atoms with E-state index in [4.69, 9.17) is 0 Å². The molecule has 1 heterocycles. The Hall–Kier alpha value is -0.970. The third kappa shape index (κ3) is 2.34. The second-order valence-corrected chi connectivity index (χ2v) is 4.15. The first kappa shape index (κ1) is 12.1. The number of carbonyl (C=O) groups is 1. The number of ketones is 1. The molecule has 0 saturated heterocycles. The first-order chi connectivity index (χ1) is 6.99. The number of aromatic nitrogens is 2. The van der Waals surface area contributed by atoms with Crippen molar-refractivity contribution in [3.63, 3.8) is 0 Å². The van der Waals surface area contributed by atoms with Gasteiger partial charge in [-0.3, -0.25) is 14.2 Å². The largest absolute Gasteiger partial charge is 0.297 e. The highest BCUT2D eigenvalue weighted by Gasteiger charge is 2.16. The molecule has 0 fully saturated rings. The van der Waals surface area contributed by atoms with E-state index in [-0.39, 0.29) is 11.3 Å². The topological polar surface area (TPSA) is 52.0 Å². The van der Waals surface area contributed by atoms with Crippen molar-refractivity contribution in [1.29, 1.82) is 0 Å². The summed E-state index contributed by atoms with van der Waals surface area (Å²) in [7, 11) is 0. The van der Waals surface area contributed by atoms with Gasteiger partial charge in [-0.25, -0.2) is 4.98 Å². The first-order valence-electron chi connectivity index (χ1n) is 4.75. The first-order valence-corrected chi connectivity index (χ1v) is 5.54. The standard InChI is InChI=1S/C10H13BrN2O2/c1-4-8(14)7(3)13-5-12-6(2)9(11)10(13)15/h5,7H,4H2,1-3H3. The summed E-state index contributed by atoms with van der Waals surface area (Å²) in [5.74, 6) is 0.0228. The summed E-state index contributed by atoms with van der Waals surface area (Å²) in [5, 5.41) is 0. The van der Waals surface area contributed by atoms with Gasteiger partial charge in [0.1, 0.15) is 4.47 Å². The Kier molecular flexibility index (Phi) is 3.79. The zero-order valence-corrected chi connectivity index (χ0v) is 10.5. The van der Waals surface area contributed by atoms with E-state index in [1.54, 1.807) is 20.8 Å². The number of rotatable bonds is 3. The van der Waals surface area contributed by atoms with Gasteiger partial charge in [0.25, 0.3) is 5.56 Å². The molecule has 0 aliphatic heterocycles. The van der Waals surface area contributed by atoms with Crippen molar-refractivity contribution >= 4 is 21.7 Å². The van der Waals surface area contributed by atoms with Crippen LogP contribution >= 0.6 is 15.9 Å². The van der Waals surface area contributed by atoms with E-state index in [1.807, 2.05) is 0 Å². The lowest BCUT2D eigenvalue weighted by atomic mass is 10.1. The van der Waals surface area contributed by atoms with Gasteiger partial charge in [-0.1, -0.05) is 6.92 Å². The maximum atomic E-state index is 11.8. The van der Waals surface area contributed by atoms with Crippen molar-refractivity contribution in [3.05, 3.63) is 26.8 Å². The summed E-state index contributed by atoms with van der Waals surface area (Å²) >= 11 is 3.16. The third-order valence-corrected chi connectivity index (χ3v) is 3.26. The Bertz CT molecular complexity index is 440. The van der Waals surface area contributed by atoms with Gasteiger partial charge in [-0.05, 0) is 29.8 Å². The third-order valence-electron chi connectivity index (χ3n) is 2.35. The normalized spacial score (nSPS) is 12.5. The number of nitrogens with zero attached hydrogens (tertiary/aromatic N) is 2. The van der Waals surface area contributed by atoms with Crippen LogP contribution in [0.4, 0.5) is 0 Å². The average Bonchev–Trinajstić information content (AvgIpc) is 2.24. The Labute approximate surface area is 96.5 Å². The maximum absolute atomic E-state index is 11.8. The van der Waals surface area contributed by atoms with Crippen molar-refractivity contribution in [2.24, 2.45) is 0 Å². The average molecular weight is 273 g/mol. The van der Waals surface area contributed by atoms with Crippen molar-refractivity contribution < 1.29 is 4.79 Å². The van der Waals surface area contributed by atoms with Crippen LogP contribution in [0.1, 0.15) is 32.0 Å². The predicted octanol–water partition coefficient (Wildman–Crippen LogP) is 1.85. The van der Waals surface area contributed by atoms with Crippen LogP contribution in [0, 0.1) is 6.92 Å². The SMILES string of the molecule is CCC(=O)C(C)n1cnc(C)c(Br)c1=O. The molecule has 1 aromatic rings. The predicted molar refractivity (Wildman–Crippen MR) is 60.9 cm³/mol. The van der Waals surface area contributed by atoms with Crippen LogP contribution in [0.15, 0.2) is 15.6 Å². The van der Waals surface area contributed by atoms with E-state index in [0.29, 0.717) is 16.6 Å². The fourth-order valence-electron chi connectivity index (χ4n) is 1.25. The lowest BCUT2D eigenvalue weighted by Gasteiger charge is -2.13. The zero-order chi connectivity index (χ0) is 11.6. The minimum atomic E-state index is -0.452. The smallest absolute Gasteiger partial charge is 0.268 e. The van der Waals surface area contributed by atoms with Gasteiger partial charge < -0.3 is 0 Å². The summed E-state index contributed by atoms with van der Waals surface area (Å²) < 4.78 is 1.77. The molecule has 0 aliphatic rings. The summed E-state index contributed by atoms with van der Waals surface area (Å²) in [4.78, 5) is 27.3. The lowest BCUT2D eigenvalue weighted by molar-refractivity contribution is -0.121. The van der Waals surface area contributed by atoms with Crippen LogP contribution in [0.2, 0.25) is 0 Å². The molecular formula is C10H13BrN2O2. The Morgan fingerprint density at radius 2 is 2.27 bits per heavy atom. The molecule has 5 heteroatoms. The van der Waals surface area contributed by atoms with E-state index in [2.05, 4.69) is 20.9 Å². The molecule has 82 valence electrons. The summed E-state index contributed by atoms with van der Waals surface area (Å²) in [5.41, 5.74) is 0.421. The molecule has 0 aromatic carbocycles. The fourth-order valence-corrected chi connectivity index (χ4v) is 1.56. The molecular weight excluding hydrogens is 260 g/mol. The van der Waals surface area contributed by atoms with Crippen LogP contribution in [-0.4, -0.2) is 15.3 Å². The summed E-state index contributed by atoms with van der Waals surface area (Å²) in [6, 6.07) is -0.452. The van der Waals surface area contributed by atoms with Crippen LogP contribution < -0.4 is 5.56 Å². The minimum absolute atomic E-state index is 0.0228. The molecule has 0 saturated carbocycles. The highest BCUT2D eigenvalue weighted by atomic mass is 79.9. The molecule has 0 aliphatic carbocycles. The van der Waals surface area contributed by atoms with Gasteiger partial charge in [-0.2, -0.15) is 0 Å². The maximum Gasteiger partial charge on any atom is 0.268 e. The van der Waals surface area contributed by atoms with Crippen LogP contribution in [0.25, 0.3) is 0 Å². The van der Waals surface area contributed by atoms with Crippen LogP contribution in [0.5, 0.6) is 0 Å². The molecule has 0 N–H and O–H groups in total. The number of hydrogen-bond donors (Lipinski definition) is 0. The summed E-state index contributed by atoms with van der Waals surface area (Å²) in [6.45, 7) is 5.22. The molecule has 15 heavy (non-hydrogen) atoms. The molecule has 0 bridgehead atoms. The molecule has 0 amide bonds. The van der Waals surface area contributed by atoms with E-state index >= 15 is 0 Å². The van der Waals surface area contributed by atoms with Crippen molar-refractivity contribution in [1.82, 2.24) is 9.55 Å². The van der Waals surface area contributed by atoms with Crippen molar-refractivity contribution in [3.8, 4) is 0 Å². The second kappa shape index (κ2) is 4.70. The minimum Gasteiger partial charge on any atom is -0.297 e. The molecule has 4 nitrogen and oxygen atoms in total. The van der Waals surface area contributed by atoms with Crippen molar-refractivity contribution in [2.45, 2.75) is 33.2 Å². The van der Waals surface area contributed by atoms with Crippen LogP contribution in [0.3, 0.4) is 0 Å². The van der Waals surface area contributed by atoms with Gasteiger partial charge in [-0.15, -0.1) is 0 Å². The number of Topliss-reactive ketones (excluding diaryl/α,β-unsaturated/α-hetero) is 1. The fraction of sp³-hybridized carbons (Fsp3) is 0.500. The Balaban J connectivity index is 3.22. The highest BCUT2D eigenvalue weighted by Crippen LogP contribution is 2.10. The highest BCUT2D eigenvalue weighted by molar-refractivity contribution is 9.10. The van der Waals surface area contributed by atoms with E-state index in [0.717, 1.165) is 0 Å². The van der Waals surface area contributed by atoms with E-state index in [1.165, 1.54) is 10.9 Å². The van der Waals surface area contributed by atoms with Crippen molar-refractivity contribution in [2.75, 3.05) is 0 Å². The number of halogens is 1. The van der Waals surface area contributed by atoms with E-state index in [9.17, 15) is 9.59 Å². The molecule has 1 atom stereocenters. The summed E-state index contributed by atoms with van der Waals surface area (Å²) in [6.07, 6.45) is 1.83.